The van der Waals surface area contributed by atoms with Crippen molar-refractivity contribution in [2.45, 2.75) is 44.8 Å². The number of aliphatic hydroxyl groups is 1. The first-order valence-corrected chi connectivity index (χ1v) is 5.20. The molecule has 0 aromatic heterocycles. The van der Waals surface area contributed by atoms with Gasteiger partial charge in [-0.15, -0.1) is 0 Å². The average molecular weight is 187 g/mol. The Bertz CT molecular complexity index is 133. The van der Waals surface area contributed by atoms with Gasteiger partial charge in [-0.3, -0.25) is 0 Å². The Morgan fingerprint density at radius 3 is 2.54 bits per heavy atom. The molecule has 3 N–H and O–H groups in total. The van der Waals surface area contributed by atoms with E-state index in [4.69, 9.17) is 15.6 Å². The Balaban J connectivity index is 2.08. The van der Waals surface area contributed by atoms with Crippen LogP contribution in [0.15, 0.2) is 0 Å². The number of aliphatic hydroxyl groups excluding tert-OH is 1. The van der Waals surface area contributed by atoms with Crippen molar-refractivity contribution in [1.29, 1.82) is 0 Å². The van der Waals surface area contributed by atoms with Gasteiger partial charge >= 0.3 is 0 Å². The predicted molar refractivity (Wildman–Crippen MR) is 52.4 cm³/mol. The molecule has 3 nitrogen and oxygen atoms in total. The number of nitrogens with two attached hydrogens (primary N) is 1. The Hall–Kier alpha value is -0.120. The molecule has 1 rings (SSSR count). The lowest BCUT2D eigenvalue weighted by molar-refractivity contribution is -0.00153. The van der Waals surface area contributed by atoms with E-state index in [0.717, 1.165) is 25.7 Å². The molecule has 0 aliphatic heterocycles. The Morgan fingerprint density at radius 2 is 2.00 bits per heavy atom. The highest BCUT2D eigenvalue weighted by Gasteiger charge is 2.19. The maximum Gasteiger partial charge on any atom is 0.0576 e. The fourth-order valence-electron chi connectivity index (χ4n) is 1.61. The molecular weight excluding hydrogens is 166 g/mol. The van der Waals surface area contributed by atoms with E-state index in [1.165, 1.54) is 0 Å². The molecule has 3 heteroatoms. The second kappa shape index (κ2) is 5.58. The van der Waals surface area contributed by atoms with Crippen molar-refractivity contribution in [2.24, 2.45) is 11.7 Å². The molecule has 13 heavy (non-hydrogen) atoms. The van der Waals surface area contributed by atoms with Crippen LogP contribution in [0.3, 0.4) is 0 Å². The van der Waals surface area contributed by atoms with Crippen LogP contribution in [-0.2, 0) is 4.74 Å². The first-order valence-electron chi connectivity index (χ1n) is 5.20. The zero-order valence-electron chi connectivity index (χ0n) is 8.41. The topological polar surface area (TPSA) is 55.5 Å². The third-order valence-electron chi connectivity index (χ3n) is 2.65. The fraction of sp³-hybridized carbons (Fsp3) is 1.00. The molecule has 1 unspecified atom stereocenters. The molecular formula is C10H21NO2. The van der Waals surface area contributed by atoms with Gasteiger partial charge in [0.15, 0.2) is 0 Å². The summed E-state index contributed by atoms with van der Waals surface area (Å²) in [6.45, 7) is 2.89. The minimum absolute atomic E-state index is 0.215. The van der Waals surface area contributed by atoms with Crippen LogP contribution in [0.2, 0.25) is 0 Å². The molecule has 0 amide bonds. The quantitative estimate of drug-likeness (QED) is 0.687. The van der Waals surface area contributed by atoms with Gasteiger partial charge in [-0.25, -0.2) is 0 Å². The van der Waals surface area contributed by atoms with Crippen LogP contribution in [0.1, 0.15) is 32.6 Å². The molecule has 0 aromatic carbocycles. The third kappa shape index (κ3) is 4.07. The highest BCUT2D eigenvalue weighted by Crippen LogP contribution is 2.20. The number of ether oxygens (including phenoxy) is 1. The maximum absolute atomic E-state index is 8.81. The van der Waals surface area contributed by atoms with Gasteiger partial charge in [0.05, 0.1) is 12.7 Å². The van der Waals surface area contributed by atoms with E-state index in [1.807, 2.05) is 6.92 Å². The zero-order chi connectivity index (χ0) is 9.68. The van der Waals surface area contributed by atoms with Gasteiger partial charge in [0, 0.05) is 18.6 Å². The lowest BCUT2D eigenvalue weighted by Crippen LogP contribution is -2.31. The Morgan fingerprint density at radius 1 is 1.38 bits per heavy atom. The largest absolute Gasteiger partial charge is 0.396 e. The Kier molecular flexibility index (Phi) is 4.70. The standard InChI is InChI=1S/C10H21NO2/c1-8(6-12)7-13-10-4-2-9(11)3-5-10/h8-10,12H,2-7,11H2,1H3. The summed E-state index contributed by atoms with van der Waals surface area (Å²) in [5.41, 5.74) is 5.78. The minimum atomic E-state index is 0.215. The van der Waals surface area contributed by atoms with Gasteiger partial charge in [0.25, 0.3) is 0 Å². The van der Waals surface area contributed by atoms with Crippen LogP contribution >= 0.6 is 0 Å². The second-order valence-electron chi connectivity index (χ2n) is 4.16. The van der Waals surface area contributed by atoms with E-state index in [-0.39, 0.29) is 12.5 Å². The van der Waals surface area contributed by atoms with Crippen molar-refractivity contribution >= 4 is 0 Å². The Labute approximate surface area is 80.3 Å². The van der Waals surface area contributed by atoms with Crippen LogP contribution in [0, 0.1) is 5.92 Å². The SMILES string of the molecule is CC(CO)COC1CCC(N)CC1. The van der Waals surface area contributed by atoms with Crippen LogP contribution in [0.4, 0.5) is 0 Å². The minimum Gasteiger partial charge on any atom is -0.396 e. The molecule has 0 spiro atoms. The summed E-state index contributed by atoms with van der Waals surface area (Å²) < 4.78 is 5.67. The first kappa shape index (κ1) is 11.0. The molecule has 0 radical (unpaired) electrons. The van der Waals surface area contributed by atoms with Crippen molar-refractivity contribution in [3.05, 3.63) is 0 Å². The van der Waals surface area contributed by atoms with Gasteiger partial charge in [0.2, 0.25) is 0 Å². The van der Waals surface area contributed by atoms with Crippen molar-refractivity contribution in [2.75, 3.05) is 13.2 Å². The zero-order valence-corrected chi connectivity index (χ0v) is 8.41. The van der Waals surface area contributed by atoms with Gasteiger partial charge in [-0.2, -0.15) is 0 Å². The summed E-state index contributed by atoms with van der Waals surface area (Å²) in [7, 11) is 0. The van der Waals surface area contributed by atoms with Crippen molar-refractivity contribution < 1.29 is 9.84 Å². The van der Waals surface area contributed by atoms with Crippen LogP contribution in [0.5, 0.6) is 0 Å². The summed E-state index contributed by atoms with van der Waals surface area (Å²) in [4.78, 5) is 0. The third-order valence-corrected chi connectivity index (χ3v) is 2.65. The van der Waals surface area contributed by atoms with E-state index < -0.39 is 0 Å². The molecule has 0 bridgehead atoms. The van der Waals surface area contributed by atoms with Gasteiger partial charge < -0.3 is 15.6 Å². The molecule has 1 fully saturated rings. The van der Waals surface area contributed by atoms with Crippen LogP contribution in [-0.4, -0.2) is 30.5 Å². The second-order valence-corrected chi connectivity index (χ2v) is 4.16. The van der Waals surface area contributed by atoms with E-state index in [2.05, 4.69) is 0 Å². The first-order chi connectivity index (χ1) is 6.22. The van der Waals surface area contributed by atoms with Crippen molar-refractivity contribution in [3.8, 4) is 0 Å². The number of hydrogen-bond donors (Lipinski definition) is 2. The van der Waals surface area contributed by atoms with E-state index >= 15 is 0 Å². The maximum atomic E-state index is 8.81. The predicted octanol–water partition coefficient (Wildman–Crippen LogP) is 0.901. The molecule has 1 atom stereocenters. The number of hydrogen-bond acceptors (Lipinski definition) is 3. The lowest BCUT2D eigenvalue weighted by Gasteiger charge is -2.26. The molecule has 1 saturated carbocycles. The van der Waals surface area contributed by atoms with Gasteiger partial charge in [-0.1, -0.05) is 6.92 Å². The summed E-state index contributed by atoms with van der Waals surface area (Å²) in [6.07, 6.45) is 4.71. The molecule has 78 valence electrons. The summed E-state index contributed by atoms with van der Waals surface area (Å²) >= 11 is 0. The lowest BCUT2D eigenvalue weighted by atomic mass is 9.94. The summed E-state index contributed by atoms with van der Waals surface area (Å²) in [5.74, 6) is 0.260. The molecule has 0 saturated heterocycles. The normalized spacial score (nSPS) is 31.6. The smallest absolute Gasteiger partial charge is 0.0576 e. The van der Waals surface area contributed by atoms with Crippen LogP contribution < -0.4 is 5.73 Å². The molecule has 0 aromatic rings. The van der Waals surface area contributed by atoms with E-state index in [9.17, 15) is 0 Å². The number of rotatable bonds is 4. The van der Waals surface area contributed by atoms with Crippen LogP contribution in [0.25, 0.3) is 0 Å². The van der Waals surface area contributed by atoms with Gasteiger partial charge in [-0.05, 0) is 25.7 Å². The molecule has 0 heterocycles. The monoisotopic (exact) mass is 187 g/mol. The summed E-state index contributed by atoms with van der Waals surface area (Å²) in [6, 6.07) is 0.384. The molecule has 1 aliphatic rings. The van der Waals surface area contributed by atoms with Crippen molar-refractivity contribution in [1.82, 2.24) is 0 Å². The van der Waals surface area contributed by atoms with E-state index in [1.54, 1.807) is 0 Å². The fourth-order valence-corrected chi connectivity index (χ4v) is 1.61. The average Bonchev–Trinajstić information content (AvgIpc) is 2.16. The van der Waals surface area contributed by atoms with Crippen molar-refractivity contribution in [3.63, 3.8) is 0 Å². The molecule has 1 aliphatic carbocycles. The highest BCUT2D eigenvalue weighted by atomic mass is 16.5. The van der Waals surface area contributed by atoms with Gasteiger partial charge in [0.1, 0.15) is 0 Å². The van der Waals surface area contributed by atoms with E-state index in [0.29, 0.717) is 18.8 Å². The highest BCUT2D eigenvalue weighted by molar-refractivity contribution is 4.74. The summed E-state index contributed by atoms with van der Waals surface area (Å²) in [5, 5.41) is 8.81.